The first kappa shape index (κ1) is 22.3. The second-order valence-electron chi connectivity index (χ2n) is 6.37. The molecule has 0 fully saturated rings. The van der Waals surface area contributed by atoms with Crippen molar-refractivity contribution in [1.29, 1.82) is 5.41 Å². The molecule has 8 heteroatoms. The Hall–Kier alpha value is -2.96. The SMILES string of the molecule is Cl.Cl.N=C(N)c1ccc2oc(CCc3ccc(OCc4c[nH]cn4)cc3)cc2c1. The molecule has 0 saturated heterocycles. The number of furan rings is 1. The molecular weight excluding hydrogens is 411 g/mol. The smallest absolute Gasteiger partial charge is 0.134 e. The number of fused-ring (bicyclic) bond motifs is 1. The lowest BCUT2D eigenvalue weighted by Crippen LogP contribution is -2.10. The predicted octanol–water partition coefficient (Wildman–Crippen LogP) is 4.65. The van der Waals surface area contributed by atoms with E-state index in [1.54, 1.807) is 12.4 Å². The van der Waals surface area contributed by atoms with E-state index in [2.05, 4.69) is 22.1 Å². The van der Waals surface area contributed by atoms with Gasteiger partial charge in [0.15, 0.2) is 0 Å². The van der Waals surface area contributed by atoms with Gasteiger partial charge in [-0.15, -0.1) is 24.8 Å². The minimum absolute atomic E-state index is 0. The van der Waals surface area contributed by atoms with E-state index >= 15 is 0 Å². The van der Waals surface area contributed by atoms with E-state index < -0.39 is 0 Å². The number of nitrogens with one attached hydrogen (secondary N) is 2. The number of hydrogen-bond acceptors (Lipinski definition) is 4. The van der Waals surface area contributed by atoms with Crippen LogP contribution in [-0.4, -0.2) is 15.8 Å². The highest BCUT2D eigenvalue weighted by atomic mass is 35.5. The average Bonchev–Trinajstić information content (AvgIpc) is 3.34. The van der Waals surface area contributed by atoms with Crippen LogP contribution in [-0.2, 0) is 19.4 Å². The van der Waals surface area contributed by atoms with E-state index in [1.165, 1.54) is 5.56 Å². The molecule has 4 N–H and O–H groups in total. The molecule has 4 aromatic rings. The molecule has 2 heterocycles. The van der Waals surface area contributed by atoms with Crippen molar-refractivity contribution >= 4 is 41.6 Å². The molecule has 0 atom stereocenters. The maximum atomic E-state index is 7.53. The highest BCUT2D eigenvalue weighted by molar-refractivity contribution is 5.98. The summed E-state index contributed by atoms with van der Waals surface area (Å²) in [7, 11) is 0. The Labute approximate surface area is 180 Å². The molecule has 0 aliphatic heterocycles. The minimum atomic E-state index is 0. The second kappa shape index (κ2) is 10.0. The molecular formula is C21H22Cl2N4O2. The predicted molar refractivity (Wildman–Crippen MR) is 118 cm³/mol. The summed E-state index contributed by atoms with van der Waals surface area (Å²) in [4.78, 5) is 7.04. The number of aromatic amines is 1. The van der Waals surface area contributed by atoms with Crippen molar-refractivity contribution in [2.75, 3.05) is 0 Å². The summed E-state index contributed by atoms with van der Waals surface area (Å²) in [6.45, 7) is 0.448. The summed E-state index contributed by atoms with van der Waals surface area (Å²) in [5, 5.41) is 8.50. The van der Waals surface area contributed by atoms with Gasteiger partial charge in [-0.25, -0.2) is 4.98 Å². The van der Waals surface area contributed by atoms with Crippen LogP contribution < -0.4 is 10.5 Å². The van der Waals surface area contributed by atoms with Crippen molar-refractivity contribution in [2.24, 2.45) is 5.73 Å². The third-order valence-corrected chi connectivity index (χ3v) is 4.40. The van der Waals surface area contributed by atoms with Gasteiger partial charge in [0.2, 0.25) is 0 Å². The quantitative estimate of drug-likeness (QED) is 0.292. The lowest BCUT2D eigenvalue weighted by molar-refractivity contribution is 0.302. The number of benzene rings is 2. The van der Waals surface area contributed by atoms with Crippen LogP contribution in [0.4, 0.5) is 0 Å². The summed E-state index contributed by atoms with van der Waals surface area (Å²) in [5.41, 5.74) is 9.16. The molecule has 0 amide bonds. The second-order valence-corrected chi connectivity index (χ2v) is 6.37. The lowest BCUT2D eigenvalue weighted by atomic mass is 10.1. The van der Waals surface area contributed by atoms with Gasteiger partial charge in [-0.05, 0) is 48.4 Å². The highest BCUT2D eigenvalue weighted by Crippen LogP contribution is 2.22. The number of amidine groups is 1. The summed E-state index contributed by atoms with van der Waals surface area (Å²) < 4.78 is 11.6. The van der Waals surface area contributed by atoms with Crippen molar-refractivity contribution in [1.82, 2.24) is 9.97 Å². The Morgan fingerprint density at radius 3 is 2.55 bits per heavy atom. The molecule has 0 spiro atoms. The van der Waals surface area contributed by atoms with Crippen LogP contribution in [0.1, 0.15) is 22.6 Å². The largest absolute Gasteiger partial charge is 0.487 e. The van der Waals surface area contributed by atoms with E-state index in [0.29, 0.717) is 12.2 Å². The van der Waals surface area contributed by atoms with Crippen LogP contribution in [0.2, 0.25) is 0 Å². The van der Waals surface area contributed by atoms with Crippen molar-refractivity contribution in [3.63, 3.8) is 0 Å². The standard InChI is InChI=1S/C21H20N4O2.2ClH/c22-21(23)15-4-8-20-16(9-15)10-19(27-20)7-3-14-1-5-18(6-2-14)26-12-17-11-24-13-25-17;;/h1-2,4-6,8-11,13H,3,7,12H2,(H3,22,23)(H,24,25);2*1H. The molecule has 2 aromatic heterocycles. The number of H-pyrrole nitrogens is 1. The zero-order valence-corrected chi connectivity index (χ0v) is 17.2. The summed E-state index contributed by atoms with van der Waals surface area (Å²) >= 11 is 0. The number of aryl methyl sites for hydroxylation is 2. The number of nitrogen functional groups attached to an aromatic ring is 1. The monoisotopic (exact) mass is 432 g/mol. The maximum Gasteiger partial charge on any atom is 0.134 e. The van der Waals surface area contributed by atoms with Gasteiger partial charge in [0.05, 0.1) is 12.0 Å². The summed E-state index contributed by atoms with van der Waals surface area (Å²) in [6, 6.07) is 15.6. The normalized spacial score (nSPS) is 10.2. The van der Waals surface area contributed by atoms with E-state index in [0.717, 1.165) is 41.0 Å². The zero-order chi connectivity index (χ0) is 18.6. The number of aromatic nitrogens is 2. The summed E-state index contributed by atoms with van der Waals surface area (Å²) in [6.07, 6.45) is 5.14. The van der Waals surface area contributed by atoms with Gasteiger partial charge >= 0.3 is 0 Å². The van der Waals surface area contributed by atoms with Crippen molar-refractivity contribution in [3.8, 4) is 5.75 Å². The third kappa shape index (κ3) is 5.53. The fraction of sp³-hybridized carbons (Fsp3) is 0.143. The van der Waals surface area contributed by atoms with Gasteiger partial charge in [-0.1, -0.05) is 12.1 Å². The van der Waals surface area contributed by atoms with Crippen molar-refractivity contribution < 1.29 is 9.15 Å². The highest BCUT2D eigenvalue weighted by Gasteiger charge is 2.07. The van der Waals surface area contributed by atoms with Gasteiger partial charge < -0.3 is 19.9 Å². The fourth-order valence-electron chi connectivity index (χ4n) is 2.94. The summed E-state index contributed by atoms with van der Waals surface area (Å²) in [5.74, 6) is 1.81. The molecule has 0 unspecified atom stereocenters. The molecule has 0 saturated carbocycles. The fourth-order valence-corrected chi connectivity index (χ4v) is 2.94. The molecule has 0 radical (unpaired) electrons. The Morgan fingerprint density at radius 1 is 1.07 bits per heavy atom. The van der Waals surface area contributed by atoms with Crippen molar-refractivity contribution in [3.05, 3.63) is 83.6 Å². The Kier molecular flexibility index (Phi) is 7.70. The number of rotatable bonds is 7. The molecule has 29 heavy (non-hydrogen) atoms. The number of hydrogen-bond donors (Lipinski definition) is 3. The molecule has 2 aromatic carbocycles. The molecule has 0 bridgehead atoms. The number of imidazole rings is 1. The molecule has 152 valence electrons. The number of ether oxygens (including phenoxy) is 1. The minimum Gasteiger partial charge on any atom is -0.487 e. The first-order valence-corrected chi connectivity index (χ1v) is 8.73. The van der Waals surface area contributed by atoms with Crippen LogP contribution >= 0.6 is 24.8 Å². The van der Waals surface area contributed by atoms with Crippen LogP contribution in [0.15, 0.2) is 65.5 Å². The van der Waals surface area contributed by atoms with Gasteiger partial charge in [-0.3, -0.25) is 5.41 Å². The van der Waals surface area contributed by atoms with Crippen LogP contribution in [0, 0.1) is 5.41 Å². The molecule has 4 rings (SSSR count). The Bertz CT molecular complexity index is 1060. The van der Waals surface area contributed by atoms with Gasteiger partial charge in [0, 0.05) is 23.6 Å². The van der Waals surface area contributed by atoms with Gasteiger partial charge in [-0.2, -0.15) is 0 Å². The first-order valence-electron chi connectivity index (χ1n) is 8.73. The van der Waals surface area contributed by atoms with Gasteiger partial charge in [0.25, 0.3) is 0 Å². The lowest BCUT2D eigenvalue weighted by Gasteiger charge is -2.05. The van der Waals surface area contributed by atoms with E-state index in [1.807, 2.05) is 36.5 Å². The molecule has 0 aliphatic rings. The Balaban J connectivity index is 0.00000150. The van der Waals surface area contributed by atoms with Crippen LogP contribution in [0.3, 0.4) is 0 Å². The van der Waals surface area contributed by atoms with Crippen molar-refractivity contribution in [2.45, 2.75) is 19.4 Å². The number of nitrogens with zero attached hydrogens (tertiary/aromatic N) is 1. The third-order valence-electron chi connectivity index (χ3n) is 4.40. The topological polar surface area (TPSA) is 101 Å². The average molecular weight is 433 g/mol. The number of halogens is 2. The van der Waals surface area contributed by atoms with E-state index in [9.17, 15) is 0 Å². The maximum absolute atomic E-state index is 7.53. The van der Waals surface area contributed by atoms with E-state index in [-0.39, 0.29) is 30.6 Å². The van der Waals surface area contributed by atoms with Crippen LogP contribution in [0.5, 0.6) is 5.75 Å². The first-order chi connectivity index (χ1) is 13.2. The molecule has 0 aliphatic carbocycles. The van der Waals surface area contributed by atoms with E-state index in [4.69, 9.17) is 20.3 Å². The van der Waals surface area contributed by atoms with Gasteiger partial charge in [0.1, 0.15) is 29.5 Å². The van der Waals surface area contributed by atoms with Crippen LogP contribution in [0.25, 0.3) is 11.0 Å². The Morgan fingerprint density at radius 2 is 1.86 bits per heavy atom. The zero-order valence-electron chi connectivity index (χ0n) is 15.6. The molecule has 6 nitrogen and oxygen atoms in total. The number of nitrogens with two attached hydrogens (primary N) is 1.